The summed E-state index contributed by atoms with van der Waals surface area (Å²) >= 11 is 0. The Bertz CT molecular complexity index is 805. The van der Waals surface area contributed by atoms with E-state index in [9.17, 15) is 9.59 Å². The van der Waals surface area contributed by atoms with Crippen LogP contribution in [0.5, 0.6) is 0 Å². The zero-order chi connectivity index (χ0) is 39.9. The van der Waals surface area contributed by atoms with Crippen molar-refractivity contribution in [1.82, 2.24) is 9.80 Å². The molecule has 0 saturated carbocycles. The average Bonchev–Trinajstić information content (AvgIpc) is 3.16. The Kier molecular flexibility index (Phi) is 38.9. The van der Waals surface area contributed by atoms with Crippen LogP contribution in [0, 0.1) is 5.92 Å². The van der Waals surface area contributed by atoms with Gasteiger partial charge >= 0.3 is 12.1 Å². The standard InChI is InChI=1S/C47H94N2O5/c1-8-13-16-19-21-23-24-26-28-30-34-44(33-29-27-25-22-20-17-14-9-2)42-53-46(50)37-32-36-45(35-31-18-15-10-3)54-47(51)52-41-40-49(43(6)7)39-38-48(11-4)12-5/h43-45H,8-42H2,1-7H3. The van der Waals surface area contributed by atoms with Crippen LogP contribution in [0.1, 0.15) is 228 Å². The first-order valence-corrected chi connectivity index (χ1v) is 23.8. The van der Waals surface area contributed by atoms with Crippen molar-refractivity contribution >= 4 is 12.1 Å². The second-order valence-electron chi connectivity index (χ2n) is 16.5. The topological polar surface area (TPSA) is 68.3 Å². The van der Waals surface area contributed by atoms with E-state index in [-0.39, 0.29) is 12.1 Å². The molecule has 54 heavy (non-hydrogen) atoms. The molecule has 0 saturated heterocycles. The van der Waals surface area contributed by atoms with Gasteiger partial charge in [0.15, 0.2) is 0 Å². The normalized spacial score (nSPS) is 12.9. The molecule has 0 aromatic heterocycles. The largest absolute Gasteiger partial charge is 0.508 e. The first-order chi connectivity index (χ1) is 26.3. The van der Waals surface area contributed by atoms with Crippen molar-refractivity contribution in [1.29, 1.82) is 0 Å². The highest BCUT2D eigenvalue weighted by Gasteiger charge is 2.19. The number of carbonyl (C=O) groups is 2. The monoisotopic (exact) mass is 767 g/mol. The quantitative estimate of drug-likeness (QED) is 0.0453. The number of hydrogen-bond donors (Lipinski definition) is 0. The summed E-state index contributed by atoms with van der Waals surface area (Å²) in [6, 6.07) is 0.381. The molecular weight excluding hydrogens is 673 g/mol. The molecule has 0 amide bonds. The number of carbonyl (C=O) groups excluding carboxylic acids is 2. The van der Waals surface area contributed by atoms with Crippen molar-refractivity contribution in [2.24, 2.45) is 5.92 Å². The molecule has 0 aromatic rings. The van der Waals surface area contributed by atoms with E-state index < -0.39 is 6.16 Å². The Labute approximate surface area is 337 Å². The molecule has 2 atom stereocenters. The van der Waals surface area contributed by atoms with Crippen LogP contribution in [0.25, 0.3) is 0 Å². The maximum atomic E-state index is 12.9. The van der Waals surface area contributed by atoms with Gasteiger partial charge in [0.2, 0.25) is 0 Å². The van der Waals surface area contributed by atoms with Gasteiger partial charge in [0.1, 0.15) is 12.7 Å². The Balaban J connectivity index is 4.77. The van der Waals surface area contributed by atoms with Crippen molar-refractivity contribution in [3.05, 3.63) is 0 Å². The lowest BCUT2D eigenvalue weighted by Crippen LogP contribution is -2.40. The molecular formula is C47H94N2O5. The van der Waals surface area contributed by atoms with Gasteiger partial charge in [-0.05, 0) is 71.4 Å². The van der Waals surface area contributed by atoms with Crippen LogP contribution in [-0.2, 0) is 19.0 Å². The molecule has 0 rings (SSSR count). The van der Waals surface area contributed by atoms with Gasteiger partial charge in [-0.15, -0.1) is 0 Å². The highest BCUT2D eigenvalue weighted by Crippen LogP contribution is 2.21. The molecule has 7 nitrogen and oxygen atoms in total. The van der Waals surface area contributed by atoms with E-state index in [1.807, 2.05) is 0 Å². The van der Waals surface area contributed by atoms with Gasteiger partial charge in [0.25, 0.3) is 0 Å². The molecule has 2 unspecified atom stereocenters. The lowest BCUT2D eigenvalue weighted by molar-refractivity contribution is -0.145. The summed E-state index contributed by atoms with van der Waals surface area (Å²) in [5.74, 6) is 0.362. The lowest BCUT2D eigenvalue weighted by Gasteiger charge is -2.29. The van der Waals surface area contributed by atoms with Gasteiger partial charge in [-0.25, -0.2) is 4.79 Å². The average molecular weight is 767 g/mol. The van der Waals surface area contributed by atoms with E-state index >= 15 is 0 Å². The van der Waals surface area contributed by atoms with Gasteiger partial charge in [0, 0.05) is 32.1 Å². The summed E-state index contributed by atoms with van der Waals surface area (Å²) in [6.45, 7) is 21.2. The minimum Gasteiger partial charge on any atom is -0.465 e. The van der Waals surface area contributed by atoms with E-state index in [0.29, 0.717) is 51.0 Å². The Morgan fingerprint density at radius 2 is 0.944 bits per heavy atom. The number of ether oxygens (including phenoxy) is 3. The Morgan fingerprint density at radius 3 is 1.43 bits per heavy atom. The first-order valence-electron chi connectivity index (χ1n) is 23.8. The van der Waals surface area contributed by atoms with Crippen molar-refractivity contribution in [3.8, 4) is 0 Å². The summed E-state index contributed by atoms with van der Waals surface area (Å²) in [6.07, 6.45) is 32.7. The van der Waals surface area contributed by atoms with Crippen LogP contribution in [0.2, 0.25) is 0 Å². The Hall–Kier alpha value is -1.34. The molecule has 0 N–H and O–H groups in total. The van der Waals surface area contributed by atoms with Gasteiger partial charge in [0.05, 0.1) is 6.61 Å². The van der Waals surface area contributed by atoms with Crippen LogP contribution in [0.3, 0.4) is 0 Å². The molecule has 0 spiro atoms. The number of rotatable bonds is 41. The summed E-state index contributed by atoms with van der Waals surface area (Å²) in [5, 5.41) is 0. The Morgan fingerprint density at radius 1 is 0.500 bits per heavy atom. The van der Waals surface area contributed by atoms with Crippen molar-refractivity contribution in [3.63, 3.8) is 0 Å². The van der Waals surface area contributed by atoms with E-state index in [1.165, 1.54) is 141 Å². The molecule has 0 radical (unpaired) electrons. The smallest absolute Gasteiger partial charge is 0.465 e. The van der Waals surface area contributed by atoms with Crippen LogP contribution >= 0.6 is 0 Å². The van der Waals surface area contributed by atoms with Crippen LogP contribution in [0.4, 0.5) is 4.79 Å². The molecule has 0 aliphatic heterocycles. The molecule has 0 fully saturated rings. The molecule has 7 heteroatoms. The second kappa shape index (κ2) is 39.9. The summed E-state index contributed by atoms with van der Waals surface area (Å²) < 4.78 is 17.3. The molecule has 0 heterocycles. The maximum absolute atomic E-state index is 12.9. The van der Waals surface area contributed by atoms with Crippen molar-refractivity contribution in [2.45, 2.75) is 240 Å². The SMILES string of the molecule is CCCCCCCCCCCCC(CCCCCCCCCC)COC(=O)CCCC(CCCCCC)OC(=O)OCCN(CCN(CC)CC)C(C)C. The van der Waals surface area contributed by atoms with Crippen LogP contribution in [0.15, 0.2) is 0 Å². The summed E-state index contributed by atoms with van der Waals surface area (Å²) in [7, 11) is 0. The number of hydrogen-bond acceptors (Lipinski definition) is 7. The van der Waals surface area contributed by atoms with E-state index in [1.54, 1.807) is 0 Å². The third-order valence-corrected chi connectivity index (χ3v) is 11.4. The van der Waals surface area contributed by atoms with Gasteiger partial charge < -0.3 is 19.1 Å². The number of likely N-dealkylation sites (N-methyl/N-ethyl adjacent to an activating group) is 1. The fourth-order valence-corrected chi connectivity index (χ4v) is 7.47. The third-order valence-electron chi connectivity index (χ3n) is 11.4. The van der Waals surface area contributed by atoms with E-state index in [4.69, 9.17) is 14.2 Å². The number of unbranched alkanes of at least 4 members (excludes halogenated alkanes) is 19. The minimum atomic E-state index is -0.582. The highest BCUT2D eigenvalue weighted by molar-refractivity contribution is 5.69. The molecule has 0 aliphatic rings. The molecule has 0 bridgehead atoms. The van der Waals surface area contributed by atoms with E-state index in [2.05, 4.69) is 58.3 Å². The number of esters is 1. The number of nitrogens with zero attached hydrogens (tertiary/aromatic N) is 2. The van der Waals surface area contributed by atoms with Crippen molar-refractivity contribution in [2.75, 3.05) is 45.9 Å². The highest BCUT2D eigenvalue weighted by atomic mass is 16.7. The summed E-state index contributed by atoms with van der Waals surface area (Å²) in [5.41, 5.74) is 0. The van der Waals surface area contributed by atoms with Gasteiger partial charge in [-0.1, -0.05) is 169 Å². The predicted molar refractivity (Wildman–Crippen MR) is 231 cm³/mol. The zero-order valence-corrected chi connectivity index (χ0v) is 37.4. The fraction of sp³-hybridized carbons (Fsp3) is 0.957. The van der Waals surface area contributed by atoms with Gasteiger partial charge in [-0.2, -0.15) is 0 Å². The second-order valence-corrected chi connectivity index (χ2v) is 16.5. The minimum absolute atomic E-state index is 0.107. The summed E-state index contributed by atoms with van der Waals surface area (Å²) in [4.78, 5) is 30.5. The third kappa shape index (κ3) is 34.0. The molecule has 322 valence electrons. The predicted octanol–water partition coefficient (Wildman–Crippen LogP) is 13.7. The zero-order valence-electron chi connectivity index (χ0n) is 37.4. The molecule has 0 aliphatic carbocycles. The fourth-order valence-electron chi connectivity index (χ4n) is 7.47. The lowest BCUT2D eigenvalue weighted by atomic mass is 9.94. The molecule has 0 aromatic carbocycles. The first kappa shape index (κ1) is 52.7. The van der Waals surface area contributed by atoms with Crippen LogP contribution < -0.4 is 0 Å². The van der Waals surface area contributed by atoms with Crippen LogP contribution in [-0.4, -0.2) is 80.0 Å². The van der Waals surface area contributed by atoms with Crippen molar-refractivity contribution < 1.29 is 23.8 Å². The maximum Gasteiger partial charge on any atom is 0.508 e. The van der Waals surface area contributed by atoms with E-state index in [0.717, 1.165) is 45.4 Å². The van der Waals surface area contributed by atoms with Gasteiger partial charge in [-0.3, -0.25) is 9.69 Å².